The Balaban J connectivity index is 1.38. The van der Waals surface area contributed by atoms with E-state index in [9.17, 15) is 0 Å². The Kier molecular flexibility index (Phi) is 3.85. The zero-order chi connectivity index (χ0) is 18.4. The van der Waals surface area contributed by atoms with Gasteiger partial charge in [0.25, 0.3) is 0 Å². The van der Waals surface area contributed by atoms with E-state index < -0.39 is 0 Å². The highest BCUT2D eigenvalue weighted by atomic mass is 16.5. The molecule has 6 heteroatoms. The molecular weight excluding hydrogens is 338 g/mol. The van der Waals surface area contributed by atoms with Crippen molar-refractivity contribution in [1.82, 2.24) is 15.0 Å². The second-order valence-electron chi connectivity index (χ2n) is 7.56. The van der Waals surface area contributed by atoms with Gasteiger partial charge in [-0.3, -0.25) is 4.98 Å². The summed E-state index contributed by atoms with van der Waals surface area (Å²) in [7, 11) is 1.71. The van der Waals surface area contributed by atoms with Gasteiger partial charge in [0, 0.05) is 67.0 Å². The molecule has 2 unspecified atom stereocenters. The topological polar surface area (TPSA) is 54.4 Å². The van der Waals surface area contributed by atoms with Crippen LogP contribution in [0, 0.1) is 18.8 Å². The number of aryl methyl sites for hydroxylation is 1. The molecule has 4 heterocycles. The van der Waals surface area contributed by atoms with Crippen molar-refractivity contribution in [3.8, 4) is 5.75 Å². The molecule has 2 aliphatic rings. The molecular formula is C21H23N5O. The standard InChI is InChI=1S/C21H23N5O/c1-14-7-21(24-13-23-14)26-11-15-9-25(10-16(15)12-26)20-5-6-22-19-4-3-17(27-2)8-18(19)20/h3-8,13,15-16H,9-12H2,1-2H3. The first kappa shape index (κ1) is 16.3. The fourth-order valence-corrected chi connectivity index (χ4v) is 4.50. The minimum Gasteiger partial charge on any atom is -0.497 e. The Morgan fingerprint density at radius 3 is 2.44 bits per heavy atom. The zero-order valence-corrected chi connectivity index (χ0v) is 15.7. The highest BCUT2D eigenvalue weighted by molar-refractivity contribution is 5.92. The molecule has 2 aromatic heterocycles. The van der Waals surface area contributed by atoms with Crippen LogP contribution in [0.15, 0.2) is 42.9 Å². The maximum Gasteiger partial charge on any atom is 0.132 e. The number of rotatable bonds is 3. The molecule has 6 nitrogen and oxygen atoms in total. The second kappa shape index (κ2) is 6.37. The van der Waals surface area contributed by atoms with Gasteiger partial charge in [0.2, 0.25) is 0 Å². The lowest BCUT2D eigenvalue weighted by Crippen LogP contribution is -2.29. The van der Waals surface area contributed by atoms with Crippen molar-refractivity contribution < 1.29 is 4.74 Å². The number of ether oxygens (including phenoxy) is 1. The van der Waals surface area contributed by atoms with E-state index in [1.54, 1.807) is 13.4 Å². The third kappa shape index (κ3) is 2.85. The molecule has 0 spiro atoms. The number of pyridine rings is 1. The lowest BCUT2D eigenvalue weighted by atomic mass is 10.0. The summed E-state index contributed by atoms with van der Waals surface area (Å²) < 4.78 is 5.42. The van der Waals surface area contributed by atoms with E-state index in [2.05, 4.69) is 43.0 Å². The molecule has 1 aromatic carbocycles. The summed E-state index contributed by atoms with van der Waals surface area (Å²) in [5.41, 5.74) is 3.30. The summed E-state index contributed by atoms with van der Waals surface area (Å²) in [6.45, 7) is 6.28. The molecule has 138 valence electrons. The maximum atomic E-state index is 5.42. The van der Waals surface area contributed by atoms with Gasteiger partial charge in [0.05, 0.1) is 12.6 Å². The van der Waals surface area contributed by atoms with Crippen LogP contribution in [0.2, 0.25) is 0 Å². The monoisotopic (exact) mass is 361 g/mol. The highest BCUT2D eigenvalue weighted by Gasteiger charge is 2.40. The Hall–Kier alpha value is -2.89. The third-order valence-electron chi connectivity index (χ3n) is 5.87. The molecule has 0 saturated carbocycles. The Bertz CT molecular complexity index is 977. The van der Waals surface area contributed by atoms with E-state index in [0.29, 0.717) is 11.8 Å². The van der Waals surface area contributed by atoms with Crippen LogP contribution >= 0.6 is 0 Å². The number of fused-ring (bicyclic) bond motifs is 2. The smallest absolute Gasteiger partial charge is 0.132 e. The summed E-state index contributed by atoms with van der Waals surface area (Å²) in [5.74, 6) is 3.26. The first-order valence-corrected chi connectivity index (χ1v) is 9.42. The fraction of sp³-hybridized carbons (Fsp3) is 0.381. The summed E-state index contributed by atoms with van der Waals surface area (Å²) in [4.78, 5) is 18.1. The van der Waals surface area contributed by atoms with Crippen molar-refractivity contribution in [2.24, 2.45) is 11.8 Å². The third-order valence-corrected chi connectivity index (χ3v) is 5.87. The molecule has 2 saturated heterocycles. The number of nitrogens with zero attached hydrogens (tertiary/aromatic N) is 5. The van der Waals surface area contributed by atoms with Crippen LogP contribution in [0.25, 0.3) is 10.9 Å². The van der Waals surface area contributed by atoms with Gasteiger partial charge in [0.15, 0.2) is 0 Å². The lowest BCUT2D eigenvalue weighted by molar-refractivity contribution is 0.415. The van der Waals surface area contributed by atoms with Crippen LogP contribution in [0.1, 0.15) is 5.69 Å². The lowest BCUT2D eigenvalue weighted by Gasteiger charge is -2.24. The second-order valence-corrected chi connectivity index (χ2v) is 7.56. The quantitative estimate of drug-likeness (QED) is 0.715. The van der Waals surface area contributed by atoms with E-state index in [0.717, 1.165) is 49.0 Å². The Morgan fingerprint density at radius 1 is 0.926 bits per heavy atom. The highest BCUT2D eigenvalue weighted by Crippen LogP contribution is 2.38. The van der Waals surface area contributed by atoms with Crippen LogP contribution in [-0.2, 0) is 0 Å². The number of benzene rings is 1. The zero-order valence-electron chi connectivity index (χ0n) is 15.7. The normalized spacial score (nSPS) is 21.7. The molecule has 0 N–H and O–H groups in total. The van der Waals surface area contributed by atoms with E-state index in [4.69, 9.17) is 4.74 Å². The van der Waals surface area contributed by atoms with Crippen LogP contribution in [-0.4, -0.2) is 48.2 Å². The molecule has 27 heavy (non-hydrogen) atoms. The molecule has 0 radical (unpaired) electrons. The molecule has 2 fully saturated rings. The summed E-state index contributed by atoms with van der Waals surface area (Å²) in [5, 5.41) is 1.17. The Labute approximate surface area is 158 Å². The summed E-state index contributed by atoms with van der Waals surface area (Å²) >= 11 is 0. The van der Waals surface area contributed by atoms with Crippen molar-refractivity contribution in [3.05, 3.63) is 48.5 Å². The largest absolute Gasteiger partial charge is 0.497 e. The molecule has 3 aromatic rings. The van der Waals surface area contributed by atoms with Crippen molar-refractivity contribution in [2.45, 2.75) is 6.92 Å². The van der Waals surface area contributed by atoms with Crippen LogP contribution in [0.3, 0.4) is 0 Å². The molecule has 0 amide bonds. The van der Waals surface area contributed by atoms with Crippen LogP contribution in [0.5, 0.6) is 5.75 Å². The number of hydrogen-bond donors (Lipinski definition) is 0. The number of hydrogen-bond acceptors (Lipinski definition) is 6. The van der Waals surface area contributed by atoms with Gasteiger partial charge in [-0.2, -0.15) is 0 Å². The van der Waals surface area contributed by atoms with E-state index in [1.807, 2.05) is 25.3 Å². The molecule has 0 aliphatic carbocycles. The summed E-state index contributed by atoms with van der Waals surface area (Å²) in [6.07, 6.45) is 3.58. The summed E-state index contributed by atoms with van der Waals surface area (Å²) in [6, 6.07) is 10.3. The van der Waals surface area contributed by atoms with Gasteiger partial charge < -0.3 is 14.5 Å². The van der Waals surface area contributed by atoms with Crippen molar-refractivity contribution in [3.63, 3.8) is 0 Å². The number of anilines is 2. The predicted octanol–water partition coefficient (Wildman–Crippen LogP) is 2.91. The predicted molar refractivity (Wildman–Crippen MR) is 106 cm³/mol. The Morgan fingerprint density at radius 2 is 1.70 bits per heavy atom. The van der Waals surface area contributed by atoms with Gasteiger partial charge >= 0.3 is 0 Å². The molecule has 0 bridgehead atoms. The maximum absolute atomic E-state index is 5.42. The SMILES string of the molecule is COc1ccc2nccc(N3CC4CN(c5cc(C)ncn5)CC4C3)c2c1. The van der Waals surface area contributed by atoms with Gasteiger partial charge in [-0.05, 0) is 31.2 Å². The van der Waals surface area contributed by atoms with Crippen molar-refractivity contribution >= 4 is 22.4 Å². The van der Waals surface area contributed by atoms with Crippen LogP contribution < -0.4 is 14.5 Å². The number of methoxy groups -OCH3 is 1. The minimum absolute atomic E-state index is 0.661. The molecule has 2 aliphatic heterocycles. The molecule has 2 atom stereocenters. The van der Waals surface area contributed by atoms with Gasteiger partial charge in [-0.15, -0.1) is 0 Å². The average molecular weight is 361 g/mol. The van der Waals surface area contributed by atoms with E-state index in [-0.39, 0.29) is 0 Å². The van der Waals surface area contributed by atoms with E-state index in [1.165, 1.54) is 11.1 Å². The van der Waals surface area contributed by atoms with Crippen LogP contribution in [0.4, 0.5) is 11.5 Å². The average Bonchev–Trinajstić information content (AvgIpc) is 3.26. The first-order valence-electron chi connectivity index (χ1n) is 9.42. The first-order chi connectivity index (χ1) is 13.2. The number of aromatic nitrogens is 3. The minimum atomic E-state index is 0.661. The fourth-order valence-electron chi connectivity index (χ4n) is 4.50. The molecule has 5 rings (SSSR count). The van der Waals surface area contributed by atoms with Crippen molar-refractivity contribution in [2.75, 3.05) is 43.1 Å². The van der Waals surface area contributed by atoms with Gasteiger partial charge in [0.1, 0.15) is 17.9 Å². The van der Waals surface area contributed by atoms with Crippen molar-refractivity contribution in [1.29, 1.82) is 0 Å². The van der Waals surface area contributed by atoms with E-state index >= 15 is 0 Å². The van der Waals surface area contributed by atoms with Gasteiger partial charge in [-0.1, -0.05) is 0 Å². The van der Waals surface area contributed by atoms with Gasteiger partial charge in [-0.25, -0.2) is 9.97 Å².